The molecule has 6 heteroatoms. The highest BCUT2D eigenvalue weighted by Crippen LogP contribution is 2.41. The summed E-state index contributed by atoms with van der Waals surface area (Å²) < 4.78 is 32.9. The minimum Gasteiger partial charge on any atom is -0.464 e. The van der Waals surface area contributed by atoms with Gasteiger partial charge in [-0.2, -0.15) is 0 Å². The van der Waals surface area contributed by atoms with E-state index in [-0.39, 0.29) is 23.4 Å². The minimum atomic E-state index is -3.56. The minimum absolute atomic E-state index is 0.0481. The van der Waals surface area contributed by atoms with Crippen LogP contribution in [-0.2, 0) is 16.6 Å². The summed E-state index contributed by atoms with van der Waals surface area (Å²) in [6.45, 7) is 1.82. The van der Waals surface area contributed by atoms with Crippen LogP contribution in [0.5, 0.6) is 0 Å². The normalized spacial score (nSPS) is 21.4. The van der Waals surface area contributed by atoms with Crippen molar-refractivity contribution in [2.75, 3.05) is 0 Å². The molecule has 1 heterocycles. The van der Waals surface area contributed by atoms with E-state index in [4.69, 9.17) is 10.2 Å². The van der Waals surface area contributed by atoms with Crippen molar-refractivity contribution >= 4 is 10.0 Å². The van der Waals surface area contributed by atoms with E-state index in [1.165, 1.54) is 6.07 Å². The smallest absolute Gasteiger partial charge is 0.244 e. The van der Waals surface area contributed by atoms with Crippen LogP contribution in [-0.4, -0.2) is 14.5 Å². The maximum atomic E-state index is 12.4. The molecule has 2 atom stereocenters. The van der Waals surface area contributed by atoms with E-state index in [2.05, 4.69) is 4.72 Å². The van der Waals surface area contributed by atoms with E-state index >= 15 is 0 Å². The Hall–Kier alpha value is -1.63. The van der Waals surface area contributed by atoms with E-state index in [9.17, 15) is 8.42 Å². The quantitative estimate of drug-likeness (QED) is 0.883. The highest BCUT2D eigenvalue weighted by molar-refractivity contribution is 7.89. The van der Waals surface area contributed by atoms with Crippen molar-refractivity contribution in [2.45, 2.75) is 36.7 Å². The molecule has 1 aromatic heterocycles. The van der Waals surface area contributed by atoms with E-state index in [1.807, 2.05) is 30.3 Å². The second kappa shape index (κ2) is 5.29. The number of nitrogens with one attached hydrogen (secondary N) is 1. The van der Waals surface area contributed by atoms with Crippen LogP contribution in [0, 0.1) is 6.92 Å². The largest absolute Gasteiger partial charge is 0.464 e. The number of rotatable bonds is 5. The van der Waals surface area contributed by atoms with Gasteiger partial charge in [0.05, 0.1) is 6.54 Å². The van der Waals surface area contributed by atoms with Crippen molar-refractivity contribution in [1.29, 1.82) is 0 Å². The Labute approximate surface area is 124 Å². The zero-order chi connectivity index (χ0) is 15.0. The molecule has 3 rings (SSSR count). The summed E-state index contributed by atoms with van der Waals surface area (Å²) >= 11 is 0. The molecule has 1 aliphatic rings. The van der Waals surface area contributed by atoms with Gasteiger partial charge >= 0.3 is 0 Å². The van der Waals surface area contributed by atoms with Gasteiger partial charge in [-0.1, -0.05) is 30.3 Å². The lowest BCUT2D eigenvalue weighted by atomic mass is 10.1. The molecular formula is C15H18N2O3S. The van der Waals surface area contributed by atoms with Crippen LogP contribution in [0.3, 0.4) is 0 Å². The average Bonchev–Trinajstić information content (AvgIpc) is 3.10. The molecule has 2 aromatic rings. The van der Waals surface area contributed by atoms with Crippen LogP contribution in [0.1, 0.15) is 29.4 Å². The molecule has 0 bridgehead atoms. The second-order valence-electron chi connectivity index (χ2n) is 5.32. The first-order valence-corrected chi connectivity index (χ1v) is 8.36. The third kappa shape index (κ3) is 2.88. The van der Waals surface area contributed by atoms with Gasteiger partial charge in [-0.3, -0.25) is 0 Å². The number of nitrogens with two attached hydrogens (primary N) is 1. The van der Waals surface area contributed by atoms with Crippen molar-refractivity contribution in [3.63, 3.8) is 0 Å². The molecule has 21 heavy (non-hydrogen) atoms. The first kappa shape index (κ1) is 14.3. The zero-order valence-electron chi connectivity index (χ0n) is 11.7. The lowest BCUT2D eigenvalue weighted by Gasteiger charge is -2.05. The van der Waals surface area contributed by atoms with Gasteiger partial charge in [0.2, 0.25) is 10.0 Å². The Morgan fingerprint density at radius 2 is 2.05 bits per heavy atom. The monoisotopic (exact) mass is 306 g/mol. The average molecular weight is 306 g/mol. The Kier molecular flexibility index (Phi) is 3.61. The zero-order valence-corrected chi connectivity index (χ0v) is 12.6. The van der Waals surface area contributed by atoms with Crippen molar-refractivity contribution in [3.8, 4) is 0 Å². The molecular weight excluding hydrogens is 288 g/mol. The molecule has 112 valence electrons. The molecule has 1 fully saturated rings. The fourth-order valence-corrected chi connectivity index (χ4v) is 4.04. The highest BCUT2D eigenvalue weighted by atomic mass is 32.2. The number of sulfonamides is 1. The molecule has 3 N–H and O–H groups in total. The summed E-state index contributed by atoms with van der Waals surface area (Å²) in [5.74, 6) is 1.10. The summed E-state index contributed by atoms with van der Waals surface area (Å²) in [5.41, 5.74) is 6.64. The third-order valence-corrected chi connectivity index (χ3v) is 5.34. The summed E-state index contributed by atoms with van der Waals surface area (Å²) in [4.78, 5) is 0.182. The topological polar surface area (TPSA) is 85.3 Å². The number of furan rings is 1. The van der Waals surface area contributed by atoms with Gasteiger partial charge in [0, 0.05) is 18.0 Å². The molecule has 0 aliphatic heterocycles. The molecule has 0 amide bonds. The number of benzene rings is 1. The van der Waals surface area contributed by atoms with E-state index in [0.717, 1.165) is 12.0 Å². The summed E-state index contributed by atoms with van der Waals surface area (Å²) in [6.07, 6.45) is 0.823. The van der Waals surface area contributed by atoms with E-state index in [0.29, 0.717) is 11.5 Å². The fraction of sp³-hybridized carbons (Fsp3) is 0.333. The SMILES string of the molecule is Cc1oc(CN)cc1S(=O)(=O)NC1CC1c1ccccc1. The molecule has 2 unspecified atom stereocenters. The molecule has 1 aliphatic carbocycles. The van der Waals surface area contributed by atoms with Crippen molar-refractivity contribution in [3.05, 3.63) is 53.5 Å². The van der Waals surface area contributed by atoms with E-state index < -0.39 is 10.0 Å². The number of aryl methyl sites for hydroxylation is 1. The summed E-state index contributed by atoms with van der Waals surface area (Å²) in [6, 6.07) is 11.4. The first-order valence-electron chi connectivity index (χ1n) is 6.88. The van der Waals surface area contributed by atoms with Crippen molar-refractivity contribution in [2.24, 2.45) is 5.73 Å². The molecule has 0 saturated heterocycles. The van der Waals surface area contributed by atoms with Gasteiger partial charge in [-0.05, 0) is 18.9 Å². The van der Waals surface area contributed by atoms with E-state index in [1.54, 1.807) is 6.92 Å². The summed E-state index contributed by atoms with van der Waals surface area (Å²) in [7, 11) is -3.56. The Morgan fingerprint density at radius 1 is 1.33 bits per heavy atom. The van der Waals surface area contributed by atoms with Gasteiger partial charge in [-0.15, -0.1) is 0 Å². The Bertz CT molecular complexity index is 738. The maximum absolute atomic E-state index is 12.4. The summed E-state index contributed by atoms with van der Waals surface area (Å²) in [5, 5.41) is 0. The van der Waals surface area contributed by atoms with Crippen LogP contribution in [0.2, 0.25) is 0 Å². The van der Waals surface area contributed by atoms with Crippen LogP contribution >= 0.6 is 0 Å². The maximum Gasteiger partial charge on any atom is 0.244 e. The van der Waals surface area contributed by atoms with Crippen molar-refractivity contribution < 1.29 is 12.8 Å². The predicted molar refractivity (Wildman–Crippen MR) is 79.2 cm³/mol. The molecule has 0 spiro atoms. The lowest BCUT2D eigenvalue weighted by molar-refractivity contribution is 0.478. The van der Waals surface area contributed by atoms with Crippen LogP contribution in [0.25, 0.3) is 0 Å². The van der Waals surface area contributed by atoms with Crippen LogP contribution in [0.15, 0.2) is 45.7 Å². The van der Waals surface area contributed by atoms with Gasteiger partial charge in [0.1, 0.15) is 16.4 Å². The van der Waals surface area contributed by atoms with Gasteiger partial charge in [0.15, 0.2) is 0 Å². The highest BCUT2D eigenvalue weighted by Gasteiger charge is 2.41. The predicted octanol–water partition coefficient (Wildman–Crippen LogP) is 1.88. The molecule has 5 nitrogen and oxygen atoms in total. The third-order valence-electron chi connectivity index (χ3n) is 3.74. The second-order valence-corrected chi connectivity index (χ2v) is 7.00. The van der Waals surface area contributed by atoms with Gasteiger partial charge in [-0.25, -0.2) is 13.1 Å². The number of hydrogen-bond acceptors (Lipinski definition) is 4. The Balaban J connectivity index is 1.75. The van der Waals surface area contributed by atoms with Crippen molar-refractivity contribution in [1.82, 2.24) is 4.72 Å². The standard InChI is InChI=1S/C15H18N2O3S/c1-10-15(7-12(9-16)20-10)21(18,19)17-14-8-13(14)11-5-3-2-4-6-11/h2-7,13-14,17H,8-9,16H2,1H3. The molecule has 1 saturated carbocycles. The molecule has 0 radical (unpaired) electrons. The van der Waals surface area contributed by atoms with Gasteiger partial charge < -0.3 is 10.2 Å². The first-order chi connectivity index (χ1) is 10.0. The van der Waals surface area contributed by atoms with Crippen LogP contribution < -0.4 is 10.5 Å². The fourth-order valence-electron chi connectivity index (χ4n) is 2.55. The Morgan fingerprint density at radius 3 is 2.67 bits per heavy atom. The van der Waals surface area contributed by atoms with Gasteiger partial charge in [0.25, 0.3) is 0 Å². The number of hydrogen-bond donors (Lipinski definition) is 2. The lowest BCUT2D eigenvalue weighted by Crippen LogP contribution is -2.27. The van der Waals surface area contributed by atoms with Crippen LogP contribution in [0.4, 0.5) is 0 Å². The molecule has 1 aromatic carbocycles.